The highest BCUT2D eigenvalue weighted by molar-refractivity contribution is 5.29. The van der Waals surface area contributed by atoms with Crippen LogP contribution in [0.1, 0.15) is 31.2 Å². The van der Waals surface area contributed by atoms with Crippen molar-refractivity contribution in [1.29, 1.82) is 0 Å². The first kappa shape index (κ1) is 11.0. The first-order chi connectivity index (χ1) is 7.88. The summed E-state index contributed by atoms with van der Waals surface area (Å²) in [5, 5.41) is 0. The minimum Gasteiger partial charge on any atom is -0.125 e. The van der Waals surface area contributed by atoms with Gasteiger partial charge in [-0.25, -0.2) is 0 Å². The lowest BCUT2D eigenvalue weighted by Crippen LogP contribution is -1.90. The standard InChI is InChI=1S/C16H18/c1-2-14-8-6-7-11-16(12-14)13-15-9-4-3-5-10-15/h3-5,9-10,12H,1,6-8,11,13H2. The quantitative estimate of drug-likeness (QED) is 0.633. The molecule has 0 nitrogen and oxygen atoms in total. The van der Waals surface area contributed by atoms with Crippen molar-refractivity contribution in [2.45, 2.75) is 32.1 Å². The molecule has 0 aliphatic heterocycles. The van der Waals surface area contributed by atoms with Crippen LogP contribution in [0.3, 0.4) is 0 Å². The van der Waals surface area contributed by atoms with Crippen LogP contribution in [0.25, 0.3) is 0 Å². The van der Waals surface area contributed by atoms with Crippen LogP contribution in [0.5, 0.6) is 0 Å². The molecule has 0 saturated carbocycles. The average Bonchev–Trinajstić information content (AvgIpc) is 2.55. The Morgan fingerprint density at radius 3 is 2.56 bits per heavy atom. The highest BCUT2D eigenvalue weighted by Crippen LogP contribution is 2.23. The summed E-state index contributed by atoms with van der Waals surface area (Å²) in [5.41, 5.74) is 7.26. The Morgan fingerprint density at radius 1 is 1.06 bits per heavy atom. The maximum absolute atomic E-state index is 3.76. The molecular weight excluding hydrogens is 192 g/mol. The van der Waals surface area contributed by atoms with Crippen LogP contribution in [0, 0.1) is 0 Å². The summed E-state index contributed by atoms with van der Waals surface area (Å²) in [5.74, 6) is 0. The number of hydrogen-bond donors (Lipinski definition) is 0. The molecule has 0 heteroatoms. The number of allylic oxidation sites excluding steroid dienone is 3. The molecule has 1 aliphatic rings. The number of hydrogen-bond acceptors (Lipinski definition) is 0. The Bertz CT molecular complexity index is 417. The third-order valence-electron chi connectivity index (χ3n) is 3.07. The predicted octanol–water partition coefficient (Wildman–Crippen LogP) is 4.44. The SMILES string of the molecule is C=C=C1C=C(Cc2ccccc2)CCCC1. The molecule has 0 bridgehead atoms. The lowest BCUT2D eigenvalue weighted by molar-refractivity contribution is 0.742. The maximum Gasteiger partial charge on any atom is -0.00637 e. The number of benzene rings is 1. The predicted molar refractivity (Wildman–Crippen MR) is 69.4 cm³/mol. The van der Waals surface area contributed by atoms with Gasteiger partial charge in [-0.15, -0.1) is 5.73 Å². The first-order valence-electron chi connectivity index (χ1n) is 6.01. The van der Waals surface area contributed by atoms with E-state index in [0.717, 1.165) is 12.8 Å². The molecule has 0 saturated heterocycles. The molecule has 0 spiro atoms. The second-order valence-electron chi connectivity index (χ2n) is 4.37. The Hall–Kier alpha value is -1.52. The molecule has 0 aromatic heterocycles. The van der Waals surface area contributed by atoms with Gasteiger partial charge in [-0.1, -0.05) is 48.6 Å². The molecule has 0 unspecified atom stereocenters. The monoisotopic (exact) mass is 210 g/mol. The molecule has 1 aromatic rings. The molecular formula is C16H18. The molecule has 82 valence electrons. The van der Waals surface area contributed by atoms with Crippen LogP contribution in [-0.4, -0.2) is 0 Å². The van der Waals surface area contributed by atoms with Gasteiger partial charge in [-0.05, 0) is 43.2 Å². The summed E-state index contributed by atoms with van der Waals surface area (Å²) in [6, 6.07) is 10.7. The van der Waals surface area contributed by atoms with Gasteiger partial charge in [0.15, 0.2) is 0 Å². The highest BCUT2D eigenvalue weighted by Gasteiger charge is 2.06. The lowest BCUT2D eigenvalue weighted by atomic mass is 10.0. The Kier molecular flexibility index (Phi) is 3.80. The Balaban J connectivity index is 2.14. The average molecular weight is 210 g/mol. The third kappa shape index (κ3) is 2.98. The fourth-order valence-electron chi connectivity index (χ4n) is 2.20. The summed E-state index contributed by atoms with van der Waals surface area (Å²) in [4.78, 5) is 0. The van der Waals surface area contributed by atoms with Crippen molar-refractivity contribution in [1.82, 2.24) is 0 Å². The smallest absolute Gasteiger partial charge is 0.00637 e. The Labute approximate surface area is 98.0 Å². The Morgan fingerprint density at radius 2 is 1.81 bits per heavy atom. The highest BCUT2D eigenvalue weighted by atomic mass is 14.1. The van der Waals surface area contributed by atoms with E-state index in [4.69, 9.17) is 0 Å². The van der Waals surface area contributed by atoms with E-state index in [1.807, 2.05) is 0 Å². The van der Waals surface area contributed by atoms with E-state index in [1.54, 1.807) is 0 Å². The van der Waals surface area contributed by atoms with Crippen molar-refractivity contribution in [2.75, 3.05) is 0 Å². The molecule has 0 atom stereocenters. The zero-order valence-corrected chi connectivity index (χ0v) is 9.71. The van der Waals surface area contributed by atoms with Gasteiger partial charge < -0.3 is 0 Å². The summed E-state index contributed by atoms with van der Waals surface area (Å²) < 4.78 is 0. The van der Waals surface area contributed by atoms with E-state index in [9.17, 15) is 0 Å². The third-order valence-corrected chi connectivity index (χ3v) is 3.07. The van der Waals surface area contributed by atoms with Gasteiger partial charge in [0.25, 0.3) is 0 Å². The topological polar surface area (TPSA) is 0 Å². The maximum atomic E-state index is 3.76. The van der Waals surface area contributed by atoms with Gasteiger partial charge in [-0.3, -0.25) is 0 Å². The summed E-state index contributed by atoms with van der Waals surface area (Å²) in [6.45, 7) is 3.76. The zero-order chi connectivity index (χ0) is 11.2. The van der Waals surface area contributed by atoms with Gasteiger partial charge in [0, 0.05) is 0 Å². The summed E-state index contributed by atoms with van der Waals surface area (Å²) in [7, 11) is 0. The van der Waals surface area contributed by atoms with Gasteiger partial charge >= 0.3 is 0 Å². The van der Waals surface area contributed by atoms with Crippen LogP contribution in [-0.2, 0) is 6.42 Å². The van der Waals surface area contributed by atoms with E-state index in [1.165, 1.54) is 36.0 Å². The second-order valence-corrected chi connectivity index (χ2v) is 4.37. The van der Waals surface area contributed by atoms with Crippen LogP contribution < -0.4 is 0 Å². The summed E-state index contributed by atoms with van der Waals surface area (Å²) in [6.07, 6.45) is 8.30. The van der Waals surface area contributed by atoms with Crippen LogP contribution >= 0.6 is 0 Å². The molecule has 0 heterocycles. The minimum absolute atomic E-state index is 1.08. The molecule has 0 radical (unpaired) electrons. The molecule has 1 aromatic carbocycles. The molecule has 0 fully saturated rings. The molecule has 2 rings (SSSR count). The second kappa shape index (κ2) is 5.53. The van der Waals surface area contributed by atoms with Gasteiger partial charge in [-0.2, -0.15) is 0 Å². The normalized spacial score (nSPS) is 16.2. The van der Waals surface area contributed by atoms with Crippen LogP contribution in [0.2, 0.25) is 0 Å². The van der Waals surface area contributed by atoms with Gasteiger partial charge in [0.1, 0.15) is 0 Å². The molecule has 1 aliphatic carbocycles. The van der Waals surface area contributed by atoms with Crippen molar-refractivity contribution in [3.63, 3.8) is 0 Å². The van der Waals surface area contributed by atoms with Gasteiger partial charge in [0.05, 0.1) is 0 Å². The van der Waals surface area contributed by atoms with Crippen molar-refractivity contribution < 1.29 is 0 Å². The molecule has 16 heavy (non-hydrogen) atoms. The van der Waals surface area contributed by atoms with E-state index in [2.05, 4.69) is 48.7 Å². The largest absolute Gasteiger partial charge is 0.125 e. The van der Waals surface area contributed by atoms with E-state index in [0.29, 0.717) is 0 Å². The fraction of sp³-hybridized carbons (Fsp3) is 0.312. The molecule has 0 N–H and O–H groups in total. The van der Waals surface area contributed by atoms with E-state index >= 15 is 0 Å². The van der Waals surface area contributed by atoms with Crippen molar-refractivity contribution in [3.8, 4) is 0 Å². The summed E-state index contributed by atoms with van der Waals surface area (Å²) >= 11 is 0. The van der Waals surface area contributed by atoms with Gasteiger partial charge in [0.2, 0.25) is 0 Å². The molecule has 0 amide bonds. The van der Waals surface area contributed by atoms with E-state index in [-0.39, 0.29) is 0 Å². The van der Waals surface area contributed by atoms with Crippen LogP contribution in [0.4, 0.5) is 0 Å². The van der Waals surface area contributed by atoms with Crippen molar-refractivity contribution in [2.24, 2.45) is 0 Å². The van der Waals surface area contributed by atoms with Crippen LogP contribution in [0.15, 0.2) is 59.9 Å². The minimum atomic E-state index is 1.08. The van der Waals surface area contributed by atoms with E-state index < -0.39 is 0 Å². The lowest BCUT2D eigenvalue weighted by Gasteiger charge is -2.05. The zero-order valence-electron chi connectivity index (χ0n) is 9.71. The van der Waals surface area contributed by atoms with Crippen molar-refractivity contribution in [3.05, 3.63) is 65.4 Å². The first-order valence-corrected chi connectivity index (χ1v) is 6.01. The van der Waals surface area contributed by atoms with Crippen molar-refractivity contribution >= 4 is 0 Å². The fourth-order valence-corrected chi connectivity index (χ4v) is 2.20. The number of rotatable bonds is 2.